The van der Waals surface area contributed by atoms with Gasteiger partial charge in [0.15, 0.2) is 0 Å². The number of carbonyl (C=O) groups excluding carboxylic acids is 2. The van der Waals surface area contributed by atoms with Gasteiger partial charge in [-0.15, -0.1) is 0 Å². The van der Waals surface area contributed by atoms with Crippen molar-refractivity contribution in [3.8, 4) is 0 Å². The fraction of sp³-hybridized carbons (Fsp3) is 0.333. The summed E-state index contributed by atoms with van der Waals surface area (Å²) in [4.78, 5) is 22.6. The molecule has 0 saturated heterocycles. The fourth-order valence-corrected chi connectivity index (χ4v) is 1.39. The van der Waals surface area contributed by atoms with Crippen LogP contribution in [0.5, 0.6) is 0 Å². The Morgan fingerprint density at radius 3 is 2.65 bits per heavy atom. The lowest BCUT2D eigenvalue weighted by atomic mass is 10.1. The van der Waals surface area contributed by atoms with Gasteiger partial charge in [0.05, 0.1) is 0 Å². The van der Waals surface area contributed by atoms with Gasteiger partial charge in [0.25, 0.3) is 5.91 Å². The lowest BCUT2D eigenvalue weighted by Crippen LogP contribution is -2.29. The van der Waals surface area contributed by atoms with Crippen molar-refractivity contribution in [1.29, 1.82) is 0 Å². The van der Waals surface area contributed by atoms with Crippen molar-refractivity contribution in [2.75, 3.05) is 13.6 Å². The van der Waals surface area contributed by atoms with E-state index in [1.165, 1.54) is 25.2 Å². The topological polar surface area (TPSA) is 58.2 Å². The van der Waals surface area contributed by atoms with Crippen molar-refractivity contribution >= 4 is 11.8 Å². The molecular weight excluding hydrogens is 223 g/mol. The molecule has 1 aromatic carbocycles. The lowest BCUT2D eigenvalue weighted by Gasteiger charge is -2.07. The van der Waals surface area contributed by atoms with Crippen LogP contribution in [0.15, 0.2) is 18.2 Å². The smallest absolute Gasteiger partial charge is 0.251 e. The molecule has 0 aromatic heterocycles. The molecule has 0 aliphatic carbocycles. The van der Waals surface area contributed by atoms with Gasteiger partial charge in [0.1, 0.15) is 5.82 Å². The lowest BCUT2D eigenvalue weighted by molar-refractivity contribution is -0.120. The molecule has 0 spiro atoms. The Bertz CT molecular complexity index is 433. The molecule has 0 aliphatic rings. The van der Waals surface area contributed by atoms with Gasteiger partial charge in [-0.1, -0.05) is 0 Å². The number of aryl methyl sites for hydroxylation is 1. The molecule has 0 aliphatic heterocycles. The highest BCUT2D eigenvalue weighted by Crippen LogP contribution is 2.09. The predicted molar refractivity (Wildman–Crippen MR) is 62.2 cm³/mol. The molecule has 0 unspecified atom stereocenters. The van der Waals surface area contributed by atoms with Gasteiger partial charge in [0.2, 0.25) is 5.91 Å². The summed E-state index contributed by atoms with van der Waals surface area (Å²) in [7, 11) is 1.54. The minimum atomic E-state index is -0.371. The van der Waals surface area contributed by atoms with Crippen molar-refractivity contribution in [1.82, 2.24) is 10.6 Å². The zero-order valence-corrected chi connectivity index (χ0v) is 9.84. The molecule has 17 heavy (non-hydrogen) atoms. The Morgan fingerprint density at radius 1 is 1.35 bits per heavy atom. The Hall–Kier alpha value is -1.91. The summed E-state index contributed by atoms with van der Waals surface area (Å²) in [5.41, 5.74) is 0.991. The van der Waals surface area contributed by atoms with E-state index in [1.807, 2.05) is 0 Å². The number of halogens is 1. The van der Waals surface area contributed by atoms with Crippen LogP contribution in [0.2, 0.25) is 0 Å². The van der Waals surface area contributed by atoms with Crippen molar-refractivity contribution < 1.29 is 14.0 Å². The molecule has 5 heteroatoms. The minimum absolute atomic E-state index is 0.138. The third-order valence-corrected chi connectivity index (χ3v) is 2.35. The van der Waals surface area contributed by atoms with E-state index in [2.05, 4.69) is 10.6 Å². The monoisotopic (exact) mass is 238 g/mol. The molecular formula is C12H15FN2O2. The maximum Gasteiger partial charge on any atom is 0.251 e. The largest absolute Gasteiger partial charge is 0.359 e. The highest BCUT2D eigenvalue weighted by Gasteiger charge is 2.09. The first kappa shape index (κ1) is 13.2. The molecule has 92 valence electrons. The summed E-state index contributed by atoms with van der Waals surface area (Å²) in [6.07, 6.45) is 0.225. The maximum absolute atomic E-state index is 12.8. The molecule has 2 amide bonds. The quantitative estimate of drug-likeness (QED) is 0.822. The number of hydrogen-bond acceptors (Lipinski definition) is 2. The summed E-state index contributed by atoms with van der Waals surface area (Å²) < 4.78 is 12.8. The number of benzene rings is 1. The highest BCUT2D eigenvalue weighted by molar-refractivity contribution is 5.95. The molecule has 0 atom stereocenters. The summed E-state index contributed by atoms with van der Waals surface area (Å²) in [5.74, 6) is -0.808. The zero-order chi connectivity index (χ0) is 12.8. The third kappa shape index (κ3) is 3.86. The Labute approximate surface area is 99.2 Å². The number of rotatable bonds is 4. The van der Waals surface area contributed by atoms with E-state index in [4.69, 9.17) is 0 Å². The first-order valence-corrected chi connectivity index (χ1v) is 5.29. The van der Waals surface area contributed by atoms with Crippen LogP contribution in [0, 0.1) is 12.7 Å². The number of amides is 2. The van der Waals surface area contributed by atoms with Gasteiger partial charge in [-0.3, -0.25) is 9.59 Å². The second-order valence-corrected chi connectivity index (χ2v) is 3.64. The van der Waals surface area contributed by atoms with E-state index in [9.17, 15) is 14.0 Å². The molecule has 2 N–H and O–H groups in total. The summed E-state index contributed by atoms with van der Waals surface area (Å²) in [6.45, 7) is 1.92. The van der Waals surface area contributed by atoms with E-state index in [0.29, 0.717) is 11.1 Å². The van der Waals surface area contributed by atoms with E-state index in [0.717, 1.165) is 0 Å². The van der Waals surface area contributed by atoms with Gasteiger partial charge in [-0.05, 0) is 30.7 Å². The number of carbonyl (C=O) groups is 2. The second kappa shape index (κ2) is 5.98. The average Bonchev–Trinajstić information content (AvgIpc) is 2.28. The SMILES string of the molecule is CNC(=O)CCNC(=O)c1ccc(F)cc1C. The highest BCUT2D eigenvalue weighted by atomic mass is 19.1. The third-order valence-electron chi connectivity index (χ3n) is 2.35. The zero-order valence-electron chi connectivity index (χ0n) is 9.84. The Balaban J connectivity index is 2.55. The van der Waals surface area contributed by atoms with Gasteiger partial charge < -0.3 is 10.6 Å². The Kier molecular flexibility index (Phi) is 4.63. The number of nitrogens with one attached hydrogen (secondary N) is 2. The fourth-order valence-electron chi connectivity index (χ4n) is 1.39. The van der Waals surface area contributed by atoms with E-state index in [-0.39, 0.29) is 30.6 Å². The van der Waals surface area contributed by atoms with Crippen LogP contribution in [-0.4, -0.2) is 25.4 Å². The second-order valence-electron chi connectivity index (χ2n) is 3.64. The molecule has 1 rings (SSSR count). The number of hydrogen-bond donors (Lipinski definition) is 2. The summed E-state index contributed by atoms with van der Waals surface area (Å²) >= 11 is 0. The molecule has 0 radical (unpaired) electrons. The van der Waals surface area contributed by atoms with Crippen molar-refractivity contribution in [3.63, 3.8) is 0 Å². The summed E-state index contributed by atoms with van der Waals surface area (Å²) in [5, 5.41) is 5.06. The van der Waals surface area contributed by atoms with Gasteiger partial charge >= 0.3 is 0 Å². The molecule has 0 heterocycles. The van der Waals surface area contributed by atoms with Crippen LogP contribution in [0.3, 0.4) is 0 Å². The van der Waals surface area contributed by atoms with E-state index >= 15 is 0 Å². The summed E-state index contributed by atoms with van der Waals surface area (Å²) in [6, 6.07) is 3.97. The first-order valence-electron chi connectivity index (χ1n) is 5.29. The molecule has 0 saturated carbocycles. The average molecular weight is 238 g/mol. The Morgan fingerprint density at radius 2 is 2.06 bits per heavy atom. The standard InChI is InChI=1S/C12H15FN2O2/c1-8-7-9(13)3-4-10(8)12(17)15-6-5-11(16)14-2/h3-4,7H,5-6H2,1-2H3,(H,14,16)(H,15,17). The van der Waals surface area contributed by atoms with Crippen LogP contribution in [0.1, 0.15) is 22.3 Å². The van der Waals surface area contributed by atoms with Crippen LogP contribution in [0.4, 0.5) is 4.39 Å². The van der Waals surface area contributed by atoms with Crippen molar-refractivity contribution in [2.24, 2.45) is 0 Å². The van der Waals surface area contributed by atoms with Crippen LogP contribution in [0.25, 0.3) is 0 Å². The van der Waals surface area contributed by atoms with E-state index < -0.39 is 0 Å². The van der Waals surface area contributed by atoms with E-state index in [1.54, 1.807) is 6.92 Å². The van der Waals surface area contributed by atoms with Crippen LogP contribution < -0.4 is 10.6 Å². The van der Waals surface area contributed by atoms with Crippen LogP contribution >= 0.6 is 0 Å². The molecule has 1 aromatic rings. The minimum Gasteiger partial charge on any atom is -0.359 e. The van der Waals surface area contributed by atoms with Gasteiger partial charge in [-0.25, -0.2) is 4.39 Å². The predicted octanol–water partition coefficient (Wildman–Crippen LogP) is 1.00. The maximum atomic E-state index is 12.8. The van der Waals surface area contributed by atoms with Gasteiger partial charge in [-0.2, -0.15) is 0 Å². The normalized spacial score (nSPS) is 9.82. The first-order chi connectivity index (χ1) is 8.04. The van der Waals surface area contributed by atoms with Crippen LogP contribution in [-0.2, 0) is 4.79 Å². The molecule has 4 nitrogen and oxygen atoms in total. The van der Waals surface area contributed by atoms with Crippen molar-refractivity contribution in [2.45, 2.75) is 13.3 Å². The molecule has 0 fully saturated rings. The van der Waals surface area contributed by atoms with Crippen molar-refractivity contribution in [3.05, 3.63) is 35.1 Å². The molecule has 0 bridgehead atoms. The van der Waals surface area contributed by atoms with Gasteiger partial charge in [0, 0.05) is 25.6 Å².